The fraction of sp³-hybridized carbons (Fsp3) is 0.167. The van der Waals surface area contributed by atoms with Gasteiger partial charge in [0.2, 0.25) is 0 Å². The molecule has 3 nitrogen and oxygen atoms in total. The Kier molecular flexibility index (Phi) is 2.79. The summed E-state index contributed by atoms with van der Waals surface area (Å²) >= 11 is 6.17. The van der Waals surface area contributed by atoms with Crippen molar-refractivity contribution < 1.29 is 4.74 Å². The molecular formula is C12H13ClN2O. The van der Waals surface area contributed by atoms with Gasteiger partial charge in [-0.2, -0.15) is 0 Å². The molecule has 1 aromatic heterocycles. The van der Waals surface area contributed by atoms with Crippen molar-refractivity contribution in [3.63, 3.8) is 0 Å². The minimum atomic E-state index is 0.641. The van der Waals surface area contributed by atoms with Crippen LogP contribution in [0, 0.1) is 6.92 Å². The quantitative estimate of drug-likeness (QED) is 0.871. The van der Waals surface area contributed by atoms with E-state index in [1.54, 1.807) is 7.11 Å². The molecule has 0 unspecified atom stereocenters. The normalized spacial score (nSPS) is 10.4. The van der Waals surface area contributed by atoms with Crippen LogP contribution in [-0.2, 0) is 0 Å². The third-order valence-electron chi connectivity index (χ3n) is 2.57. The zero-order valence-corrected chi connectivity index (χ0v) is 9.95. The van der Waals surface area contributed by atoms with Crippen LogP contribution in [0.3, 0.4) is 0 Å². The first-order valence-corrected chi connectivity index (χ1v) is 5.28. The second-order valence-corrected chi connectivity index (χ2v) is 3.93. The Morgan fingerprint density at radius 1 is 1.25 bits per heavy atom. The average Bonchev–Trinajstić information content (AvgIpc) is 2.57. The van der Waals surface area contributed by atoms with Gasteiger partial charge in [-0.15, -0.1) is 0 Å². The summed E-state index contributed by atoms with van der Waals surface area (Å²) in [5.74, 6) is 0.816. The molecule has 84 valence electrons. The maximum Gasteiger partial charge on any atom is 0.119 e. The van der Waals surface area contributed by atoms with Crippen LogP contribution in [0.4, 0.5) is 5.69 Å². The van der Waals surface area contributed by atoms with E-state index in [0.29, 0.717) is 10.8 Å². The first-order chi connectivity index (χ1) is 7.63. The van der Waals surface area contributed by atoms with Crippen molar-refractivity contribution in [3.05, 3.63) is 41.2 Å². The van der Waals surface area contributed by atoms with Gasteiger partial charge in [0.15, 0.2) is 0 Å². The molecule has 0 aliphatic rings. The van der Waals surface area contributed by atoms with Gasteiger partial charge in [0.25, 0.3) is 0 Å². The lowest BCUT2D eigenvalue weighted by atomic mass is 10.3. The maximum absolute atomic E-state index is 6.17. The van der Waals surface area contributed by atoms with Crippen molar-refractivity contribution in [2.45, 2.75) is 6.92 Å². The SMILES string of the molecule is COc1ccc(-n2cc(N)c(C)c2Cl)cc1. The number of nitrogens with zero attached hydrogens (tertiary/aromatic N) is 1. The van der Waals surface area contributed by atoms with E-state index in [1.165, 1.54) is 0 Å². The summed E-state index contributed by atoms with van der Waals surface area (Å²) in [6, 6.07) is 7.64. The maximum atomic E-state index is 6.17. The van der Waals surface area contributed by atoms with Gasteiger partial charge < -0.3 is 15.0 Å². The zero-order chi connectivity index (χ0) is 11.7. The Bertz CT molecular complexity index is 502. The van der Waals surface area contributed by atoms with Crippen molar-refractivity contribution in [3.8, 4) is 11.4 Å². The second kappa shape index (κ2) is 4.10. The molecule has 0 saturated carbocycles. The molecule has 16 heavy (non-hydrogen) atoms. The largest absolute Gasteiger partial charge is 0.497 e. The Morgan fingerprint density at radius 2 is 1.88 bits per heavy atom. The smallest absolute Gasteiger partial charge is 0.119 e. The summed E-state index contributed by atoms with van der Waals surface area (Å²) in [5.41, 5.74) is 8.36. The van der Waals surface area contributed by atoms with Gasteiger partial charge in [0.1, 0.15) is 10.9 Å². The Balaban J connectivity index is 2.46. The minimum Gasteiger partial charge on any atom is -0.497 e. The summed E-state index contributed by atoms with van der Waals surface area (Å²) in [4.78, 5) is 0. The number of halogens is 1. The van der Waals surface area contributed by atoms with Crippen molar-refractivity contribution in [2.24, 2.45) is 0 Å². The molecule has 0 fully saturated rings. The summed E-state index contributed by atoms with van der Waals surface area (Å²) in [7, 11) is 1.64. The van der Waals surface area contributed by atoms with Gasteiger partial charge in [0.05, 0.1) is 12.8 Å². The molecule has 0 aliphatic carbocycles. The van der Waals surface area contributed by atoms with Crippen LogP contribution in [0.25, 0.3) is 5.69 Å². The summed E-state index contributed by atoms with van der Waals surface area (Å²) in [6.45, 7) is 1.90. The lowest BCUT2D eigenvalue weighted by Gasteiger charge is -2.06. The van der Waals surface area contributed by atoms with E-state index in [-0.39, 0.29) is 0 Å². The molecule has 0 atom stereocenters. The highest BCUT2D eigenvalue weighted by atomic mass is 35.5. The minimum absolute atomic E-state index is 0.641. The third kappa shape index (κ3) is 1.74. The molecule has 2 aromatic rings. The fourth-order valence-corrected chi connectivity index (χ4v) is 1.78. The highest BCUT2D eigenvalue weighted by molar-refractivity contribution is 6.31. The van der Waals surface area contributed by atoms with Crippen LogP contribution in [-0.4, -0.2) is 11.7 Å². The number of methoxy groups -OCH3 is 1. The Labute approximate surface area is 99.4 Å². The predicted octanol–water partition coefficient (Wildman–Crippen LogP) is 3.03. The van der Waals surface area contributed by atoms with E-state index in [2.05, 4.69) is 0 Å². The van der Waals surface area contributed by atoms with Crippen molar-refractivity contribution in [2.75, 3.05) is 12.8 Å². The summed E-state index contributed by atoms with van der Waals surface area (Å²) < 4.78 is 6.95. The molecule has 0 amide bonds. The van der Waals surface area contributed by atoms with Crippen LogP contribution < -0.4 is 10.5 Å². The summed E-state index contributed by atoms with van der Waals surface area (Å²) in [5, 5.41) is 0.641. The highest BCUT2D eigenvalue weighted by Crippen LogP contribution is 2.27. The molecule has 1 heterocycles. The first kappa shape index (κ1) is 10.9. The van der Waals surface area contributed by atoms with Crippen LogP contribution in [0.5, 0.6) is 5.75 Å². The fourth-order valence-electron chi connectivity index (χ4n) is 1.52. The van der Waals surface area contributed by atoms with Gasteiger partial charge in [-0.25, -0.2) is 0 Å². The molecule has 4 heteroatoms. The first-order valence-electron chi connectivity index (χ1n) is 4.91. The molecular weight excluding hydrogens is 224 g/mol. The Morgan fingerprint density at radius 3 is 2.31 bits per heavy atom. The molecule has 2 rings (SSSR count). The number of aromatic nitrogens is 1. The van der Waals surface area contributed by atoms with E-state index >= 15 is 0 Å². The lowest BCUT2D eigenvalue weighted by molar-refractivity contribution is 0.415. The van der Waals surface area contributed by atoms with Crippen molar-refractivity contribution in [1.82, 2.24) is 4.57 Å². The van der Waals surface area contributed by atoms with Gasteiger partial charge in [-0.1, -0.05) is 11.6 Å². The van der Waals surface area contributed by atoms with Gasteiger partial charge >= 0.3 is 0 Å². The highest BCUT2D eigenvalue weighted by Gasteiger charge is 2.09. The van der Waals surface area contributed by atoms with Crippen molar-refractivity contribution in [1.29, 1.82) is 0 Å². The predicted molar refractivity (Wildman–Crippen MR) is 66.5 cm³/mol. The van der Waals surface area contributed by atoms with Crippen LogP contribution >= 0.6 is 11.6 Å². The topological polar surface area (TPSA) is 40.2 Å². The standard InChI is InChI=1S/C12H13ClN2O/c1-8-11(14)7-15(12(8)13)9-3-5-10(16-2)6-4-9/h3-7H,14H2,1-2H3. The van der Waals surface area contributed by atoms with Gasteiger partial charge in [0, 0.05) is 17.4 Å². The molecule has 0 saturated heterocycles. The van der Waals surface area contributed by atoms with E-state index in [0.717, 1.165) is 17.0 Å². The second-order valence-electron chi connectivity index (χ2n) is 3.57. The number of ether oxygens (including phenoxy) is 1. The molecule has 1 aromatic carbocycles. The van der Waals surface area contributed by atoms with Crippen molar-refractivity contribution >= 4 is 17.3 Å². The number of benzene rings is 1. The number of rotatable bonds is 2. The van der Waals surface area contributed by atoms with E-state index in [9.17, 15) is 0 Å². The van der Waals surface area contributed by atoms with E-state index < -0.39 is 0 Å². The number of nitrogens with two attached hydrogens (primary N) is 1. The molecule has 0 radical (unpaired) electrons. The van der Waals surface area contributed by atoms with Crippen LogP contribution in [0.1, 0.15) is 5.56 Å². The molecule has 2 N–H and O–H groups in total. The lowest BCUT2D eigenvalue weighted by Crippen LogP contribution is -1.92. The summed E-state index contributed by atoms with van der Waals surface area (Å²) in [6.07, 6.45) is 1.82. The van der Waals surface area contributed by atoms with Gasteiger partial charge in [-0.3, -0.25) is 0 Å². The number of anilines is 1. The zero-order valence-electron chi connectivity index (χ0n) is 9.20. The van der Waals surface area contributed by atoms with Crippen LogP contribution in [0.2, 0.25) is 5.15 Å². The Hall–Kier alpha value is -1.61. The molecule has 0 bridgehead atoms. The number of hydrogen-bond donors (Lipinski definition) is 1. The van der Waals surface area contributed by atoms with Gasteiger partial charge in [-0.05, 0) is 31.2 Å². The van der Waals surface area contributed by atoms with Crippen LogP contribution in [0.15, 0.2) is 30.5 Å². The average molecular weight is 237 g/mol. The number of hydrogen-bond acceptors (Lipinski definition) is 2. The van der Waals surface area contributed by atoms with E-state index in [4.69, 9.17) is 22.1 Å². The third-order valence-corrected chi connectivity index (χ3v) is 3.04. The molecule has 0 aliphatic heterocycles. The molecule has 0 spiro atoms. The monoisotopic (exact) mass is 236 g/mol. The number of nitrogen functional groups attached to an aromatic ring is 1. The van der Waals surface area contributed by atoms with E-state index in [1.807, 2.05) is 42.0 Å².